The van der Waals surface area contributed by atoms with E-state index in [-0.39, 0.29) is 6.10 Å². The molecule has 0 aliphatic heterocycles. The van der Waals surface area contributed by atoms with Crippen LogP contribution in [0.25, 0.3) is 10.9 Å². The van der Waals surface area contributed by atoms with Gasteiger partial charge in [-0.1, -0.05) is 0 Å². The van der Waals surface area contributed by atoms with Crippen LogP contribution in [-0.4, -0.2) is 32.4 Å². The monoisotopic (exact) mass is 413 g/mol. The fraction of sp³-hybridized carbons (Fsp3) is 0.250. The zero-order valence-electron chi connectivity index (χ0n) is 16.6. The first-order valence-corrected chi connectivity index (χ1v) is 10.7. The van der Waals surface area contributed by atoms with Gasteiger partial charge in [-0.05, 0) is 56.7 Å². The molecular weight excluding hydrogens is 390 g/mol. The van der Waals surface area contributed by atoms with Gasteiger partial charge < -0.3 is 15.8 Å². The number of rotatable bonds is 6. The lowest BCUT2D eigenvalue weighted by molar-refractivity contribution is 0.0999. The number of fused-ring (bicyclic) bond motifs is 1. The summed E-state index contributed by atoms with van der Waals surface area (Å²) in [5.74, 6) is 0.551. The van der Waals surface area contributed by atoms with Gasteiger partial charge in [0.05, 0.1) is 23.0 Å². The van der Waals surface area contributed by atoms with Crippen LogP contribution >= 0.6 is 0 Å². The molecule has 0 saturated carbocycles. The molecule has 0 radical (unpaired) electrons. The quantitative estimate of drug-likeness (QED) is 0.532. The van der Waals surface area contributed by atoms with Gasteiger partial charge in [0.1, 0.15) is 17.9 Å². The van der Waals surface area contributed by atoms with Crippen molar-refractivity contribution in [1.29, 1.82) is 0 Å². The van der Waals surface area contributed by atoms with E-state index in [9.17, 15) is 9.00 Å². The highest BCUT2D eigenvalue weighted by molar-refractivity contribution is 7.74. The molecule has 2 aromatic carbocycles. The summed E-state index contributed by atoms with van der Waals surface area (Å²) < 4.78 is 21.4. The molecule has 1 atom stereocenters. The largest absolute Gasteiger partial charge is 0.489 e. The molecule has 1 amide bonds. The van der Waals surface area contributed by atoms with Gasteiger partial charge in [-0.15, -0.1) is 0 Å². The van der Waals surface area contributed by atoms with Gasteiger partial charge in [-0.3, -0.25) is 9.00 Å². The van der Waals surface area contributed by atoms with Gasteiger partial charge in [0.25, 0.3) is 0 Å². The van der Waals surface area contributed by atoms with Gasteiger partial charge in [0.15, 0.2) is 0 Å². The summed E-state index contributed by atoms with van der Waals surface area (Å²) in [5.41, 5.74) is 8.57. The molecular formula is C20H23N5O3S. The Balaban J connectivity index is 2.09. The lowest BCUT2D eigenvalue weighted by Gasteiger charge is -2.17. The molecule has 152 valence electrons. The maximum atomic E-state index is 11.5. The lowest BCUT2D eigenvalue weighted by Crippen LogP contribution is -2.13. The predicted molar refractivity (Wildman–Crippen MR) is 116 cm³/mol. The second kappa shape index (κ2) is 8.44. The minimum Gasteiger partial charge on any atom is -0.489 e. The molecule has 0 spiro atoms. The molecule has 0 saturated heterocycles. The van der Waals surface area contributed by atoms with E-state index in [4.69, 9.17) is 10.5 Å². The molecule has 3 N–H and O–H groups in total. The van der Waals surface area contributed by atoms with E-state index in [1.165, 1.54) is 6.33 Å². The summed E-state index contributed by atoms with van der Waals surface area (Å²) in [7, 11) is -1.65. The third-order valence-electron chi connectivity index (χ3n) is 4.06. The van der Waals surface area contributed by atoms with Crippen LogP contribution in [0.3, 0.4) is 0 Å². The normalized spacial score (nSPS) is 12.3. The van der Waals surface area contributed by atoms with Crippen LogP contribution in [0.4, 0.5) is 17.2 Å². The Bertz CT molecular complexity index is 1170. The summed E-state index contributed by atoms with van der Waals surface area (Å²) in [6.45, 7) is 5.71. The third kappa shape index (κ3) is 4.80. The summed E-state index contributed by atoms with van der Waals surface area (Å²) in [4.78, 5) is 20.2. The van der Waals surface area contributed by atoms with E-state index in [0.29, 0.717) is 34.0 Å². The number of hydrogen-bond donors (Lipinski definition) is 3. The number of ether oxygens (including phenoxy) is 1. The number of nitrogens with zero attached hydrogens (tertiary/aromatic N) is 3. The molecule has 3 aromatic rings. The van der Waals surface area contributed by atoms with Crippen molar-refractivity contribution in [3.05, 3.63) is 47.8 Å². The maximum absolute atomic E-state index is 11.5. The number of primary amides is 1. The van der Waals surface area contributed by atoms with E-state index in [1.54, 1.807) is 30.5 Å². The maximum Gasteiger partial charge on any atom is 0.248 e. The molecule has 0 fully saturated rings. The predicted octanol–water partition coefficient (Wildman–Crippen LogP) is 3.49. The lowest BCUT2D eigenvalue weighted by atomic mass is 10.1. The van der Waals surface area contributed by atoms with Gasteiger partial charge in [-0.2, -0.15) is 0 Å². The third-order valence-corrected chi connectivity index (χ3v) is 4.57. The first-order chi connectivity index (χ1) is 13.7. The number of thiol groups is 1. The molecule has 1 unspecified atom stereocenters. The van der Waals surface area contributed by atoms with Crippen LogP contribution in [0.5, 0.6) is 5.75 Å². The van der Waals surface area contributed by atoms with Crippen molar-refractivity contribution in [2.45, 2.75) is 26.9 Å². The Morgan fingerprint density at radius 1 is 1.24 bits per heavy atom. The Kier molecular flexibility index (Phi) is 5.97. The van der Waals surface area contributed by atoms with Crippen molar-refractivity contribution in [3.63, 3.8) is 0 Å². The van der Waals surface area contributed by atoms with Crippen molar-refractivity contribution >= 4 is 44.6 Å². The van der Waals surface area contributed by atoms with Gasteiger partial charge in [0.2, 0.25) is 5.91 Å². The van der Waals surface area contributed by atoms with Gasteiger partial charge in [0, 0.05) is 27.8 Å². The highest BCUT2D eigenvalue weighted by Crippen LogP contribution is 2.34. The second-order valence-electron chi connectivity index (χ2n) is 6.81. The van der Waals surface area contributed by atoms with Crippen LogP contribution < -0.4 is 15.8 Å². The number of amides is 1. The van der Waals surface area contributed by atoms with E-state index < -0.39 is 16.5 Å². The highest BCUT2D eigenvalue weighted by Gasteiger charge is 2.14. The molecule has 1 heterocycles. The fourth-order valence-corrected chi connectivity index (χ4v) is 3.39. The molecule has 0 aliphatic carbocycles. The molecule has 29 heavy (non-hydrogen) atoms. The first-order valence-electron chi connectivity index (χ1n) is 9.00. The Labute approximate surface area is 170 Å². The minimum absolute atomic E-state index is 0.0947. The number of nitrogens with one attached hydrogen (secondary N) is 1. The Morgan fingerprint density at radius 3 is 2.66 bits per heavy atom. The van der Waals surface area contributed by atoms with Crippen molar-refractivity contribution in [1.82, 2.24) is 9.97 Å². The number of carbonyl (C=O) groups excluding carboxylic acids is 1. The van der Waals surface area contributed by atoms with Crippen LogP contribution in [0.1, 0.15) is 29.8 Å². The summed E-state index contributed by atoms with van der Waals surface area (Å²) in [5, 5.41) is 4.08. The number of anilines is 2. The average molecular weight is 414 g/mol. The first kappa shape index (κ1) is 20.5. The Hall–Kier alpha value is -3.20. The van der Waals surface area contributed by atoms with Crippen LogP contribution in [0, 0.1) is 6.92 Å². The van der Waals surface area contributed by atoms with Crippen molar-refractivity contribution < 1.29 is 13.7 Å². The molecule has 1 aromatic heterocycles. The summed E-state index contributed by atoms with van der Waals surface area (Å²) in [6, 6.07) is 8.58. The zero-order chi connectivity index (χ0) is 21.1. The zero-order valence-corrected chi connectivity index (χ0v) is 17.5. The van der Waals surface area contributed by atoms with Crippen LogP contribution in [0.15, 0.2) is 41.0 Å². The second-order valence-corrected chi connectivity index (χ2v) is 7.94. The van der Waals surface area contributed by atoms with Crippen molar-refractivity contribution in [3.8, 4) is 5.75 Å². The fourth-order valence-electron chi connectivity index (χ4n) is 2.95. The summed E-state index contributed by atoms with van der Waals surface area (Å²) >= 11 is 0. The average Bonchev–Trinajstić information content (AvgIpc) is 2.61. The smallest absolute Gasteiger partial charge is 0.248 e. The number of carbonyl (C=O) groups is 1. The molecule has 3 rings (SSSR count). The number of benzene rings is 2. The van der Waals surface area contributed by atoms with Gasteiger partial charge >= 0.3 is 0 Å². The highest BCUT2D eigenvalue weighted by atomic mass is 32.2. The van der Waals surface area contributed by atoms with Crippen LogP contribution in [0.2, 0.25) is 0 Å². The van der Waals surface area contributed by atoms with E-state index in [0.717, 1.165) is 10.9 Å². The minimum atomic E-state index is -1.65. The molecule has 0 bridgehead atoms. The van der Waals surface area contributed by atoms with Crippen molar-refractivity contribution in [2.75, 3.05) is 11.6 Å². The van der Waals surface area contributed by atoms with E-state index in [2.05, 4.69) is 19.6 Å². The van der Waals surface area contributed by atoms with E-state index >= 15 is 0 Å². The number of aromatic nitrogens is 2. The van der Waals surface area contributed by atoms with Gasteiger partial charge in [-0.25, -0.2) is 14.3 Å². The standard InChI is InChI=1S/C20H23N5O3S/c1-11(2)28-17-8-13(19(21)26)5-6-15(17)24-20-18-12(3)7-14(25-29(4)27)9-16(18)22-10-23-20/h5-11,29H,1-4H3,(H2,21,26)(H,22,23,24). The number of hydrogen-bond acceptors (Lipinski definition) is 7. The number of nitrogens with two attached hydrogens (primary N) is 1. The topological polar surface area (TPSA) is 120 Å². The molecule has 8 nitrogen and oxygen atoms in total. The SMILES string of the molecule is Cc1cc(/N=[SH](\C)=O)cc2ncnc(Nc3ccc(C(N)=O)cc3OC(C)C)c12. The molecule has 9 heteroatoms. The summed E-state index contributed by atoms with van der Waals surface area (Å²) in [6.07, 6.45) is 2.90. The van der Waals surface area contributed by atoms with Crippen molar-refractivity contribution in [2.24, 2.45) is 10.1 Å². The Morgan fingerprint density at radius 2 is 2.00 bits per heavy atom. The number of aryl methyl sites for hydroxylation is 1. The molecule has 0 aliphatic rings. The van der Waals surface area contributed by atoms with Crippen LogP contribution in [-0.2, 0) is 10.6 Å². The van der Waals surface area contributed by atoms with E-state index in [1.807, 2.05) is 26.8 Å².